The van der Waals surface area contributed by atoms with Gasteiger partial charge in [-0.15, -0.1) is 0 Å². The molecular formula is C16H21F2NO3. The van der Waals surface area contributed by atoms with Crippen LogP contribution in [0.2, 0.25) is 0 Å². The largest absolute Gasteiger partial charge is 0.445 e. The maximum Gasteiger partial charge on any atom is 0.410 e. The van der Waals surface area contributed by atoms with Crippen LogP contribution in [0.15, 0.2) is 30.3 Å². The van der Waals surface area contributed by atoms with E-state index in [0.717, 1.165) is 5.56 Å². The second-order valence-electron chi connectivity index (χ2n) is 5.78. The Morgan fingerprint density at radius 2 is 1.91 bits per heavy atom. The first kappa shape index (κ1) is 16.7. The highest BCUT2D eigenvalue weighted by molar-refractivity contribution is 5.67. The number of rotatable bonds is 5. The Hall–Kier alpha value is -1.69. The number of piperidine rings is 1. The molecule has 1 N–H and O–H groups in total. The van der Waals surface area contributed by atoms with Crippen molar-refractivity contribution in [1.82, 2.24) is 4.90 Å². The van der Waals surface area contributed by atoms with Crippen LogP contribution in [0.25, 0.3) is 0 Å². The van der Waals surface area contributed by atoms with E-state index in [1.807, 2.05) is 30.3 Å². The van der Waals surface area contributed by atoms with Crippen molar-refractivity contribution >= 4 is 6.09 Å². The number of halogens is 2. The smallest absolute Gasteiger partial charge is 0.410 e. The summed E-state index contributed by atoms with van der Waals surface area (Å²) in [6, 6.07) is 9.34. The Labute approximate surface area is 128 Å². The standard InChI is InChI=1S/C16H21F2NO3/c17-14(18)10-16(12-20)6-8-19(9-7-16)15(21)22-11-13-4-2-1-3-5-13/h1-5,14,20H,6-12H2. The molecule has 1 fully saturated rings. The number of likely N-dealkylation sites (tertiary alicyclic amines) is 1. The van der Waals surface area contributed by atoms with E-state index in [2.05, 4.69) is 0 Å². The van der Waals surface area contributed by atoms with E-state index in [4.69, 9.17) is 4.74 Å². The van der Waals surface area contributed by atoms with Gasteiger partial charge in [-0.1, -0.05) is 30.3 Å². The zero-order chi connectivity index (χ0) is 16.0. The van der Waals surface area contributed by atoms with Crippen LogP contribution < -0.4 is 0 Å². The predicted octanol–water partition coefficient (Wildman–Crippen LogP) is 3.05. The molecule has 4 nitrogen and oxygen atoms in total. The fourth-order valence-corrected chi connectivity index (χ4v) is 2.73. The van der Waals surface area contributed by atoms with E-state index in [1.165, 1.54) is 4.90 Å². The van der Waals surface area contributed by atoms with Gasteiger partial charge in [0.25, 0.3) is 0 Å². The lowest BCUT2D eigenvalue weighted by atomic mass is 9.76. The quantitative estimate of drug-likeness (QED) is 0.909. The van der Waals surface area contributed by atoms with Gasteiger partial charge in [-0.25, -0.2) is 13.6 Å². The third-order valence-electron chi connectivity index (χ3n) is 4.21. The lowest BCUT2D eigenvalue weighted by molar-refractivity contribution is -0.0116. The Morgan fingerprint density at radius 1 is 1.27 bits per heavy atom. The SMILES string of the molecule is O=C(OCc1ccccc1)N1CCC(CO)(CC(F)F)CC1. The number of hydrogen-bond acceptors (Lipinski definition) is 3. The van der Waals surface area contributed by atoms with Crippen LogP contribution in [-0.4, -0.2) is 42.2 Å². The second kappa shape index (κ2) is 7.54. The van der Waals surface area contributed by atoms with Gasteiger partial charge < -0.3 is 14.7 Å². The zero-order valence-electron chi connectivity index (χ0n) is 12.4. The molecule has 122 valence electrons. The predicted molar refractivity (Wildman–Crippen MR) is 77.6 cm³/mol. The average molecular weight is 313 g/mol. The number of alkyl halides is 2. The Bertz CT molecular complexity index is 474. The number of benzene rings is 1. The van der Waals surface area contributed by atoms with E-state index >= 15 is 0 Å². The van der Waals surface area contributed by atoms with Gasteiger partial charge >= 0.3 is 6.09 Å². The molecule has 0 bridgehead atoms. The molecule has 1 aliphatic rings. The van der Waals surface area contributed by atoms with Crippen LogP contribution in [0.1, 0.15) is 24.8 Å². The summed E-state index contributed by atoms with van der Waals surface area (Å²) in [5.41, 5.74) is 0.125. The Kier molecular flexibility index (Phi) is 5.71. The van der Waals surface area contributed by atoms with Crippen molar-refractivity contribution in [2.75, 3.05) is 19.7 Å². The van der Waals surface area contributed by atoms with Crippen LogP contribution in [0.3, 0.4) is 0 Å². The summed E-state index contributed by atoms with van der Waals surface area (Å²) in [5, 5.41) is 9.40. The van der Waals surface area contributed by atoms with Gasteiger partial charge in [0.05, 0.1) is 0 Å². The van der Waals surface area contributed by atoms with Crippen LogP contribution in [-0.2, 0) is 11.3 Å². The van der Waals surface area contributed by atoms with Gasteiger partial charge in [0.2, 0.25) is 6.43 Å². The third kappa shape index (κ3) is 4.40. The topological polar surface area (TPSA) is 49.8 Å². The molecule has 1 amide bonds. The molecule has 0 aliphatic carbocycles. The number of ether oxygens (including phenoxy) is 1. The van der Waals surface area contributed by atoms with Crippen LogP contribution in [0, 0.1) is 5.41 Å². The minimum atomic E-state index is -2.44. The van der Waals surface area contributed by atoms with E-state index in [0.29, 0.717) is 25.9 Å². The highest BCUT2D eigenvalue weighted by Gasteiger charge is 2.38. The number of aliphatic hydroxyl groups is 1. The lowest BCUT2D eigenvalue weighted by Gasteiger charge is -2.40. The Balaban J connectivity index is 1.81. The van der Waals surface area contributed by atoms with Crippen molar-refractivity contribution in [1.29, 1.82) is 0 Å². The summed E-state index contributed by atoms with van der Waals surface area (Å²) in [5.74, 6) is 0. The average Bonchev–Trinajstić information content (AvgIpc) is 2.53. The van der Waals surface area contributed by atoms with Crippen LogP contribution in [0.5, 0.6) is 0 Å². The monoisotopic (exact) mass is 313 g/mol. The van der Waals surface area contributed by atoms with Crippen molar-refractivity contribution in [3.63, 3.8) is 0 Å². The molecular weight excluding hydrogens is 292 g/mol. The summed E-state index contributed by atoms with van der Waals surface area (Å²) in [7, 11) is 0. The molecule has 1 aliphatic heterocycles. The normalized spacial score (nSPS) is 17.5. The van der Waals surface area contributed by atoms with Gasteiger partial charge in [-0.05, 0) is 18.4 Å². The molecule has 6 heteroatoms. The first-order valence-corrected chi connectivity index (χ1v) is 7.39. The molecule has 0 spiro atoms. The number of carbonyl (C=O) groups is 1. The lowest BCUT2D eigenvalue weighted by Crippen LogP contribution is -2.45. The molecule has 0 radical (unpaired) electrons. The van der Waals surface area contributed by atoms with E-state index in [-0.39, 0.29) is 19.6 Å². The molecule has 0 saturated carbocycles. The van der Waals surface area contributed by atoms with E-state index in [9.17, 15) is 18.7 Å². The van der Waals surface area contributed by atoms with E-state index in [1.54, 1.807) is 0 Å². The number of amides is 1. The molecule has 22 heavy (non-hydrogen) atoms. The van der Waals surface area contributed by atoms with Gasteiger partial charge in [-0.2, -0.15) is 0 Å². The fraction of sp³-hybridized carbons (Fsp3) is 0.562. The molecule has 1 saturated heterocycles. The molecule has 1 aromatic carbocycles. The number of hydrogen-bond donors (Lipinski definition) is 1. The second-order valence-corrected chi connectivity index (χ2v) is 5.78. The van der Waals surface area contributed by atoms with Crippen LogP contribution >= 0.6 is 0 Å². The first-order valence-electron chi connectivity index (χ1n) is 7.39. The molecule has 0 atom stereocenters. The van der Waals surface area contributed by atoms with Crippen LogP contribution in [0.4, 0.5) is 13.6 Å². The highest BCUT2D eigenvalue weighted by Crippen LogP contribution is 2.36. The van der Waals surface area contributed by atoms with Gasteiger partial charge in [0, 0.05) is 31.5 Å². The number of carbonyl (C=O) groups excluding carboxylic acids is 1. The first-order chi connectivity index (χ1) is 10.5. The van der Waals surface area contributed by atoms with Crippen molar-refractivity contribution < 1.29 is 23.4 Å². The molecule has 1 aromatic rings. The minimum absolute atomic E-state index is 0.193. The summed E-state index contributed by atoms with van der Waals surface area (Å²) in [6.45, 7) is 0.588. The number of nitrogens with zero attached hydrogens (tertiary/aromatic N) is 1. The van der Waals surface area contributed by atoms with Crippen molar-refractivity contribution in [3.05, 3.63) is 35.9 Å². The molecule has 0 unspecified atom stereocenters. The van der Waals surface area contributed by atoms with Gasteiger partial charge in [-0.3, -0.25) is 0 Å². The highest BCUT2D eigenvalue weighted by atomic mass is 19.3. The van der Waals surface area contributed by atoms with Gasteiger partial charge in [0.1, 0.15) is 6.61 Å². The van der Waals surface area contributed by atoms with Crippen molar-refractivity contribution in [2.24, 2.45) is 5.41 Å². The zero-order valence-corrected chi connectivity index (χ0v) is 12.4. The summed E-state index contributed by atoms with van der Waals surface area (Å²) < 4.78 is 30.4. The van der Waals surface area contributed by atoms with Crippen molar-refractivity contribution in [3.8, 4) is 0 Å². The summed E-state index contributed by atoms with van der Waals surface area (Å²) in [4.78, 5) is 13.5. The Morgan fingerprint density at radius 3 is 2.45 bits per heavy atom. The van der Waals surface area contributed by atoms with E-state index < -0.39 is 17.9 Å². The third-order valence-corrected chi connectivity index (χ3v) is 4.21. The van der Waals surface area contributed by atoms with Crippen molar-refractivity contribution in [2.45, 2.75) is 32.3 Å². The van der Waals surface area contributed by atoms with Gasteiger partial charge in [0.15, 0.2) is 0 Å². The summed E-state index contributed by atoms with van der Waals surface area (Å²) >= 11 is 0. The maximum absolute atomic E-state index is 12.6. The minimum Gasteiger partial charge on any atom is -0.445 e. The molecule has 1 heterocycles. The molecule has 0 aromatic heterocycles. The molecule has 2 rings (SSSR count). The fourth-order valence-electron chi connectivity index (χ4n) is 2.73. The maximum atomic E-state index is 12.6. The summed E-state index contributed by atoms with van der Waals surface area (Å²) in [6.07, 6.45) is -2.46. The number of aliphatic hydroxyl groups excluding tert-OH is 1.